The second kappa shape index (κ2) is 8.36. The van der Waals surface area contributed by atoms with Gasteiger partial charge in [0.2, 0.25) is 5.95 Å². The minimum atomic E-state index is 0.625. The Morgan fingerprint density at radius 3 is 2.29 bits per heavy atom. The minimum absolute atomic E-state index is 0.625. The predicted octanol–water partition coefficient (Wildman–Crippen LogP) is 6.28. The standard InChI is InChI=1S/C27H22N4/c1-19-16-24(12-14-28-19)22-8-6-20(7-9-22)18-30-27-29-15-13-26(31-27)25-11-10-21-4-2-3-5-23(21)17-25/h2-17H,18H2,1H3,(H,29,30,31). The average Bonchev–Trinajstić information content (AvgIpc) is 2.83. The van der Waals surface area contributed by atoms with Gasteiger partial charge in [0.15, 0.2) is 0 Å². The van der Waals surface area contributed by atoms with E-state index in [1.54, 1.807) is 6.20 Å². The molecule has 5 rings (SSSR count). The Kier molecular flexibility index (Phi) is 5.11. The lowest BCUT2D eigenvalue weighted by atomic mass is 10.0. The maximum absolute atomic E-state index is 4.71. The Bertz CT molecular complexity index is 1340. The summed E-state index contributed by atoms with van der Waals surface area (Å²) in [5.41, 5.74) is 6.55. The number of nitrogens with zero attached hydrogens (tertiary/aromatic N) is 3. The summed E-state index contributed by atoms with van der Waals surface area (Å²) < 4.78 is 0. The first-order valence-corrected chi connectivity index (χ1v) is 10.3. The van der Waals surface area contributed by atoms with Crippen molar-refractivity contribution in [2.75, 3.05) is 5.32 Å². The Labute approximate surface area is 181 Å². The van der Waals surface area contributed by atoms with Crippen molar-refractivity contribution >= 4 is 16.7 Å². The van der Waals surface area contributed by atoms with Gasteiger partial charge >= 0.3 is 0 Å². The summed E-state index contributed by atoms with van der Waals surface area (Å²) in [5, 5.41) is 5.78. The molecule has 3 aromatic carbocycles. The van der Waals surface area contributed by atoms with Crippen LogP contribution >= 0.6 is 0 Å². The Morgan fingerprint density at radius 1 is 0.677 bits per heavy atom. The second-order valence-corrected chi connectivity index (χ2v) is 7.56. The van der Waals surface area contributed by atoms with Crippen molar-refractivity contribution in [2.24, 2.45) is 0 Å². The summed E-state index contributed by atoms with van der Waals surface area (Å²) in [6, 6.07) is 29.4. The predicted molar refractivity (Wildman–Crippen MR) is 127 cm³/mol. The number of aryl methyl sites for hydroxylation is 1. The summed E-state index contributed by atoms with van der Waals surface area (Å²) in [7, 11) is 0. The van der Waals surface area contributed by atoms with Crippen LogP contribution in [0.5, 0.6) is 0 Å². The highest BCUT2D eigenvalue weighted by Gasteiger charge is 2.05. The number of hydrogen-bond acceptors (Lipinski definition) is 4. The van der Waals surface area contributed by atoms with Crippen molar-refractivity contribution in [2.45, 2.75) is 13.5 Å². The molecular weight excluding hydrogens is 380 g/mol. The molecule has 0 fully saturated rings. The summed E-state index contributed by atoms with van der Waals surface area (Å²) in [5.74, 6) is 0.625. The van der Waals surface area contributed by atoms with Gasteiger partial charge in [-0.15, -0.1) is 0 Å². The number of benzene rings is 3. The number of rotatable bonds is 5. The van der Waals surface area contributed by atoms with E-state index < -0.39 is 0 Å². The Morgan fingerprint density at radius 2 is 1.45 bits per heavy atom. The molecule has 0 unspecified atom stereocenters. The number of fused-ring (bicyclic) bond motifs is 1. The van der Waals surface area contributed by atoms with Gasteiger partial charge in [0.1, 0.15) is 0 Å². The van der Waals surface area contributed by atoms with Crippen LogP contribution in [0.15, 0.2) is 97.3 Å². The summed E-state index contributed by atoms with van der Waals surface area (Å²) in [6.07, 6.45) is 3.65. The lowest BCUT2D eigenvalue weighted by molar-refractivity contribution is 1.06. The quantitative estimate of drug-likeness (QED) is 0.376. The van der Waals surface area contributed by atoms with E-state index >= 15 is 0 Å². The van der Waals surface area contributed by atoms with Gasteiger partial charge in [0.25, 0.3) is 0 Å². The van der Waals surface area contributed by atoms with Gasteiger partial charge in [0.05, 0.1) is 5.69 Å². The molecule has 5 aromatic rings. The molecule has 0 amide bonds. The maximum Gasteiger partial charge on any atom is 0.223 e. The third kappa shape index (κ3) is 4.28. The fourth-order valence-electron chi connectivity index (χ4n) is 3.67. The second-order valence-electron chi connectivity index (χ2n) is 7.56. The molecule has 2 heterocycles. The fourth-order valence-corrected chi connectivity index (χ4v) is 3.67. The van der Waals surface area contributed by atoms with Gasteiger partial charge in [-0.05, 0) is 58.7 Å². The topological polar surface area (TPSA) is 50.7 Å². The molecule has 4 heteroatoms. The zero-order valence-electron chi connectivity index (χ0n) is 17.3. The van der Waals surface area contributed by atoms with Gasteiger partial charge in [-0.2, -0.15) is 0 Å². The number of hydrogen-bond donors (Lipinski definition) is 1. The number of pyridine rings is 1. The van der Waals surface area contributed by atoms with Crippen LogP contribution in [0.1, 0.15) is 11.3 Å². The summed E-state index contributed by atoms with van der Waals surface area (Å²) >= 11 is 0. The van der Waals surface area contributed by atoms with Gasteiger partial charge in [-0.3, -0.25) is 4.98 Å². The van der Waals surface area contributed by atoms with Crippen LogP contribution < -0.4 is 5.32 Å². The van der Waals surface area contributed by atoms with Crippen molar-refractivity contribution in [1.29, 1.82) is 0 Å². The third-order valence-electron chi connectivity index (χ3n) is 5.34. The minimum Gasteiger partial charge on any atom is -0.350 e. The van der Waals surface area contributed by atoms with Crippen molar-refractivity contribution < 1.29 is 0 Å². The average molecular weight is 403 g/mol. The molecule has 0 radical (unpaired) electrons. The first-order chi connectivity index (χ1) is 15.2. The molecule has 1 N–H and O–H groups in total. The van der Waals surface area contributed by atoms with Crippen molar-refractivity contribution in [3.05, 3.63) is 109 Å². The lowest BCUT2D eigenvalue weighted by Crippen LogP contribution is -2.03. The number of anilines is 1. The molecule has 0 aliphatic heterocycles. The fraction of sp³-hybridized carbons (Fsp3) is 0.0741. The summed E-state index contributed by atoms with van der Waals surface area (Å²) in [6.45, 7) is 2.67. The van der Waals surface area contributed by atoms with Crippen LogP contribution in [-0.4, -0.2) is 15.0 Å². The Balaban J connectivity index is 1.30. The monoisotopic (exact) mass is 402 g/mol. The lowest BCUT2D eigenvalue weighted by Gasteiger charge is -2.09. The number of aromatic nitrogens is 3. The first-order valence-electron chi connectivity index (χ1n) is 10.3. The molecule has 0 saturated heterocycles. The highest BCUT2D eigenvalue weighted by atomic mass is 15.1. The molecule has 0 bridgehead atoms. The van der Waals surface area contributed by atoms with E-state index in [0.717, 1.165) is 17.0 Å². The molecule has 2 aromatic heterocycles. The van der Waals surface area contributed by atoms with E-state index in [4.69, 9.17) is 4.98 Å². The van der Waals surface area contributed by atoms with Gasteiger partial charge in [0, 0.05) is 30.2 Å². The van der Waals surface area contributed by atoms with E-state index in [2.05, 4.69) is 88.1 Å². The highest BCUT2D eigenvalue weighted by molar-refractivity contribution is 5.86. The Hall–Kier alpha value is -4.05. The SMILES string of the molecule is Cc1cc(-c2ccc(CNc3nccc(-c4ccc5ccccc5c4)n3)cc2)ccn1. The first kappa shape index (κ1) is 18.9. The molecule has 31 heavy (non-hydrogen) atoms. The van der Waals surface area contributed by atoms with Gasteiger partial charge in [-0.25, -0.2) is 9.97 Å². The molecule has 4 nitrogen and oxygen atoms in total. The van der Waals surface area contributed by atoms with E-state index in [0.29, 0.717) is 12.5 Å². The zero-order chi connectivity index (χ0) is 21.0. The highest BCUT2D eigenvalue weighted by Crippen LogP contribution is 2.24. The molecular formula is C27H22N4. The van der Waals surface area contributed by atoms with Crippen molar-refractivity contribution in [3.8, 4) is 22.4 Å². The number of nitrogens with one attached hydrogen (secondary N) is 1. The van der Waals surface area contributed by atoms with E-state index in [1.165, 1.54) is 27.5 Å². The van der Waals surface area contributed by atoms with Crippen molar-refractivity contribution in [3.63, 3.8) is 0 Å². The third-order valence-corrected chi connectivity index (χ3v) is 5.34. The summed E-state index contributed by atoms with van der Waals surface area (Å²) in [4.78, 5) is 13.4. The van der Waals surface area contributed by atoms with E-state index in [9.17, 15) is 0 Å². The maximum atomic E-state index is 4.71. The molecule has 0 saturated carbocycles. The van der Waals surface area contributed by atoms with Crippen molar-refractivity contribution in [1.82, 2.24) is 15.0 Å². The molecule has 0 atom stereocenters. The molecule has 150 valence electrons. The van der Waals surface area contributed by atoms with Crippen LogP contribution in [0.2, 0.25) is 0 Å². The van der Waals surface area contributed by atoms with Crippen LogP contribution in [0.3, 0.4) is 0 Å². The zero-order valence-corrected chi connectivity index (χ0v) is 17.3. The van der Waals surface area contributed by atoms with Crippen LogP contribution in [0.4, 0.5) is 5.95 Å². The molecule has 0 aliphatic carbocycles. The normalized spacial score (nSPS) is 10.9. The van der Waals surface area contributed by atoms with Crippen LogP contribution in [0.25, 0.3) is 33.2 Å². The van der Waals surface area contributed by atoms with E-state index in [-0.39, 0.29) is 0 Å². The smallest absolute Gasteiger partial charge is 0.223 e. The molecule has 0 aliphatic rings. The van der Waals surface area contributed by atoms with Gasteiger partial charge in [-0.1, -0.05) is 60.7 Å². The van der Waals surface area contributed by atoms with Gasteiger partial charge < -0.3 is 5.32 Å². The molecule has 0 spiro atoms. The van der Waals surface area contributed by atoms with E-state index in [1.807, 2.05) is 25.3 Å². The van der Waals surface area contributed by atoms with Crippen LogP contribution in [0, 0.1) is 6.92 Å². The van der Waals surface area contributed by atoms with Crippen LogP contribution in [-0.2, 0) is 6.54 Å². The largest absolute Gasteiger partial charge is 0.350 e.